The summed E-state index contributed by atoms with van der Waals surface area (Å²) in [5.41, 5.74) is 3.78. The summed E-state index contributed by atoms with van der Waals surface area (Å²) in [7, 11) is 4.68. The van der Waals surface area contributed by atoms with Gasteiger partial charge in [-0.1, -0.05) is 60.3 Å². The van der Waals surface area contributed by atoms with E-state index in [1.807, 2.05) is 54.6 Å². The van der Waals surface area contributed by atoms with Gasteiger partial charge in [0, 0.05) is 23.4 Å². The number of benzene rings is 3. The highest BCUT2D eigenvalue weighted by Crippen LogP contribution is 2.31. The number of para-hydroxylation sites is 1. The van der Waals surface area contributed by atoms with Crippen LogP contribution in [0, 0.1) is 0 Å². The molecule has 5 aromatic rings. The summed E-state index contributed by atoms with van der Waals surface area (Å²) >= 11 is 1.18. The predicted molar refractivity (Wildman–Crippen MR) is 157 cm³/mol. The molecule has 0 bridgehead atoms. The van der Waals surface area contributed by atoms with Gasteiger partial charge in [0.25, 0.3) is 5.56 Å². The number of fused-ring (bicyclic) bond motifs is 1. The summed E-state index contributed by atoms with van der Waals surface area (Å²) in [6, 6.07) is 22.4. The van der Waals surface area contributed by atoms with Gasteiger partial charge in [0.05, 0.1) is 39.3 Å². The van der Waals surface area contributed by atoms with Crippen LogP contribution >= 0.6 is 11.8 Å². The van der Waals surface area contributed by atoms with Crippen LogP contribution in [0.3, 0.4) is 0 Å². The third-order valence-electron chi connectivity index (χ3n) is 6.37. The Kier molecular flexibility index (Phi) is 8.07. The lowest BCUT2D eigenvalue weighted by Gasteiger charge is -2.15. The molecule has 0 spiro atoms. The van der Waals surface area contributed by atoms with E-state index in [2.05, 4.69) is 10.3 Å². The molecule has 0 fully saturated rings. The fourth-order valence-electron chi connectivity index (χ4n) is 4.38. The van der Waals surface area contributed by atoms with Crippen LogP contribution in [-0.4, -0.2) is 47.5 Å². The largest absolute Gasteiger partial charge is 0.497 e. The molecular weight excluding hydrogens is 528 g/mol. The minimum absolute atomic E-state index is 0.0180. The SMILES string of the molecule is COc1ccc(NC(=O)CSc2nc3c(-c4ccccc4)c[nH]c3c(=O)n2Cc2ccccc2OC)c(OC)c1. The summed E-state index contributed by atoms with van der Waals surface area (Å²) in [6.45, 7) is 0.224. The van der Waals surface area contributed by atoms with Gasteiger partial charge in [0.2, 0.25) is 5.91 Å². The fraction of sp³-hybridized carbons (Fsp3) is 0.167. The number of hydrogen-bond acceptors (Lipinski definition) is 7. The zero-order chi connectivity index (χ0) is 28.1. The number of nitrogens with zero attached hydrogens (tertiary/aromatic N) is 2. The highest BCUT2D eigenvalue weighted by molar-refractivity contribution is 7.99. The molecule has 40 heavy (non-hydrogen) atoms. The molecule has 3 aromatic carbocycles. The second-order valence-corrected chi connectivity index (χ2v) is 9.74. The molecule has 5 rings (SSSR count). The van der Waals surface area contributed by atoms with Gasteiger partial charge < -0.3 is 24.5 Å². The molecule has 2 heterocycles. The van der Waals surface area contributed by atoms with Crippen LogP contribution in [0.4, 0.5) is 5.69 Å². The van der Waals surface area contributed by atoms with E-state index in [0.717, 1.165) is 16.7 Å². The van der Waals surface area contributed by atoms with Crippen molar-refractivity contribution in [3.63, 3.8) is 0 Å². The molecule has 0 saturated heterocycles. The second kappa shape index (κ2) is 12.0. The first kappa shape index (κ1) is 26.9. The number of aromatic nitrogens is 3. The Bertz CT molecular complexity index is 1720. The van der Waals surface area contributed by atoms with Gasteiger partial charge in [-0.2, -0.15) is 0 Å². The third kappa shape index (κ3) is 5.52. The lowest BCUT2D eigenvalue weighted by molar-refractivity contribution is -0.113. The van der Waals surface area contributed by atoms with Crippen molar-refractivity contribution in [2.75, 3.05) is 32.4 Å². The number of carbonyl (C=O) groups excluding carboxylic acids is 1. The van der Waals surface area contributed by atoms with Crippen molar-refractivity contribution in [1.82, 2.24) is 14.5 Å². The Balaban J connectivity index is 1.50. The monoisotopic (exact) mass is 556 g/mol. The van der Waals surface area contributed by atoms with E-state index in [4.69, 9.17) is 19.2 Å². The van der Waals surface area contributed by atoms with Crippen LogP contribution in [0.2, 0.25) is 0 Å². The van der Waals surface area contributed by atoms with Crippen molar-refractivity contribution in [3.05, 3.63) is 94.9 Å². The molecule has 0 aliphatic rings. The number of H-pyrrole nitrogens is 1. The van der Waals surface area contributed by atoms with Crippen LogP contribution in [0.5, 0.6) is 17.2 Å². The molecule has 2 aromatic heterocycles. The van der Waals surface area contributed by atoms with Crippen LogP contribution in [0.1, 0.15) is 5.56 Å². The number of carbonyl (C=O) groups is 1. The number of methoxy groups -OCH3 is 3. The Morgan fingerprint density at radius 3 is 2.45 bits per heavy atom. The first-order valence-corrected chi connectivity index (χ1v) is 13.4. The average molecular weight is 557 g/mol. The molecule has 10 heteroatoms. The van der Waals surface area contributed by atoms with Gasteiger partial charge in [-0.3, -0.25) is 14.2 Å². The van der Waals surface area contributed by atoms with Gasteiger partial charge in [-0.15, -0.1) is 0 Å². The number of nitrogens with one attached hydrogen (secondary N) is 2. The molecular formula is C30H28N4O5S. The summed E-state index contributed by atoms with van der Waals surface area (Å²) in [5.74, 6) is 1.49. The van der Waals surface area contributed by atoms with Crippen molar-refractivity contribution in [3.8, 4) is 28.4 Å². The van der Waals surface area contributed by atoms with E-state index in [0.29, 0.717) is 39.1 Å². The first-order chi connectivity index (χ1) is 19.5. The number of amides is 1. The molecule has 204 valence electrons. The fourth-order valence-corrected chi connectivity index (χ4v) is 5.17. The standard InChI is InChI=1S/C30H28N4O5S/c1-37-21-13-14-23(25(15-21)39-3)32-26(35)18-40-30-33-27-22(19-9-5-4-6-10-19)16-31-28(27)29(36)34(30)17-20-11-7-8-12-24(20)38-2/h4-16,31H,17-18H2,1-3H3,(H,32,35). The van der Waals surface area contributed by atoms with Crippen LogP contribution in [-0.2, 0) is 11.3 Å². The average Bonchev–Trinajstić information content (AvgIpc) is 3.42. The number of thioether (sulfide) groups is 1. The Labute approximate surface area is 235 Å². The molecule has 0 unspecified atom stereocenters. The molecule has 0 aliphatic heterocycles. The highest BCUT2D eigenvalue weighted by atomic mass is 32.2. The maximum atomic E-state index is 13.8. The van der Waals surface area contributed by atoms with Crippen LogP contribution < -0.4 is 25.1 Å². The van der Waals surface area contributed by atoms with E-state index in [9.17, 15) is 9.59 Å². The van der Waals surface area contributed by atoms with E-state index >= 15 is 0 Å². The molecule has 1 amide bonds. The molecule has 2 N–H and O–H groups in total. The Hall–Kier alpha value is -4.70. The number of aromatic amines is 1. The molecule has 9 nitrogen and oxygen atoms in total. The smallest absolute Gasteiger partial charge is 0.278 e. The molecule has 0 radical (unpaired) electrons. The molecule has 0 atom stereocenters. The van der Waals surface area contributed by atoms with E-state index in [1.54, 1.807) is 43.2 Å². The minimum Gasteiger partial charge on any atom is -0.497 e. The zero-order valence-electron chi connectivity index (χ0n) is 22.3. The maximum absolute atomic E-state index is 13.8. The van der Waals surface area contributed by atoms with Crippen molar-refractivity contribution >= 4 is 34.4 Å². The van der Waals surface area contributed by atoms with Gasteiger partial charge in [0.1, 0.15) is 28.3 Å². The number of hydrogen-bond donors (Lipinski definition) is 2. The van der Waals surface area contributed by atoms with Gasteiger partial charge in [-0.25, -0.2) is 4.98 Å². The second-order valence-electron chi connectivity index (χ2n) is 8.79. The maximum Gasteiger partial charge on any atom is 0.278 e. The van der Waals surface area contributed by atoms with Gasteiger partial charge in [-0.05, 0) is 23.8 Å². The lowest BCUT2D eigenvalue weighted by Crippen LogP contribution is -2.25. The van der Waals surface area contributed by atoms with Crippen LogP contribution in [0.25, 0.3) is 22.2 Å². The summed E-state index contributed by atoms with van der Waals surface area (Å²) in [5, 5.41) is 3.29. The van der Waals surface area contributed by atoms with Gasteiger partial charge in [0.15, 0.2) is 5.16 Å². The van der Waals surface area contributed by atoms with E-state index in [1.165, 1.54) is 18.9 Å². The number of rotatable bonds is 10. The van der Waals surface area contributed by atoms with E-state index in [-0.39, 0.29) is 23.8 Å². The number of ether oxygens (including phenoxy) is 3. The molecule has 0 saturated carbocycles. The van der Waals surface area contributed by atoms with Crippen molar-refractivity contribution < 1.29 is 19.0 Å². The van der Waals surface area contributed by atoms with Gasteiger partial charge >= 0.3 is 0 Å². The Morgan fingerprint density at radius 1 is 0.950 bits per heavy atom. The third-order valence-corrected chi connectivity index (χ3v) is 7.35. The van der Waals surface area contributed by atoms with Crippen molar-refractivity contribution in [1.29, 1.82) is 0 Å². The molecule has 0 aliphatic carbocycles. The minimum atomic E-state index is -0.274. The number of anilines is 1. The summed E-state index contributed by atoms with van der Waals surface area (Å²) < 4.78 is 17.7. The summed E-state index contributed by atoms with van der Waals surface area (Å²) in [6.07, 6.45) is 1.79. The van der Waals surface area contributed by atoms with Crippen molar-refractivity contribution in [2.45, 2.75) is 11.7 Å². The predicted octanol–water partition coefficient (Wildman–Crippen LogP) is 5.20. The van der Waals surface area contributed by atoms with Crippen molar-refractivity contribution in [2.24, 2.45) is 0 Å². The normalized spacial score (nSPS) is 10.9. The first-order valence-electron chi connectivity index (χ1n) is 12.5. The Morgan fingerprint density at radius 2 is 1.70 bits per heavy atom. The lowest BCUT2D eigenvalue weighted by atomic mass is 10.1. The quantitative estimate of drug-likeness (QED) is 0.180. The van der Waals surface area contributed by atoms with Crippen LogP contribution in [0.15, 0.2) is 88.9 Å². The topological polar surface area (TPSA) is 107 Å². The van der Waals surface area contributed by atoms with E-state index < -0.39 is 0 Å². The summed E-state index contributed by atoms with van der Waals surface area (Å²) in [4.78, 5) is 34.8. The zero-order valence-corrected chi connectivity index (χ0v) is 23.1. The highest BCUT2D eigenvalue weighted by Gasteiger charge is 2.19.